The molecule has 0 aliphatic heterocycles. The molecule has 3 N–H and O–H groups in total. The van der Waals surface area contributed by atoms with E-state index in [4.69, 9.17) is 4.74 Å². The highest BCUT2D eigenvalue weighted by Gasteiger charge is 2.38. The highest BCUT2D eigenvalue weighted by atomic mass is 32.2. The van der Waals surface area contributed by atoms with Gasteiger partial charge in [-0.2, -0.15) is 0 Å². The molecule has 1 atom stereocenters. The van der Waals surface area contributed by atoms with Crippen LogP contribution in [0.4, 0.5) is 0 Å². The maximum atomic E-state index is 11.9. The van der Waals surface area contributed by atoms with E-state index in [1.807, 2.05) is 27.7 Å². The van der Waals surface area contributed by atoms with Crippen molar-refractivity contribution in [2.24, 2.45) is 0 Å². The minimum Gasteiger partial charge on any atom is -0.380 e. The zero-order chi connectivity index (χ0) is 22.8. The molecule has 12 heteroatoms. The molecule has 172 valence electrons. The van der Waals surface area contributed by atoms with Crippen LogP contribution in [0.15, 0.2) is 12.7 Å². The summed E-state index contributed by atoms with van der Waals surface area (Å²) in [7, 11) is -1.90. The summed E-state index contributed by atoms with van der Waals surface area (Å²) in [5.41, 5.74) is -1.35. The Morgan fingerprint density at radius 1 is 1.33 bits per heavy atom. The average Bonchev–Trinajstić information content (AvgIpc) is 3.14. The Balaban J connectivity index is 3.05. The Hall–Kier alpha value is -1.89. The van der Waals surface area contributed by atoms with Gasteiger partial charge in [-0.25, -0.2) is 17.8 Å². The van der Waals surface area contributed by atoms with E-state index in [-0.39, 0.29) is 11.7 Å². The van der Waals surface area contributed by atoms with Crippen molar-refractivity contribution in [3.05, 3.63) is 18.5 Å². The summed E-state index contributed by atoms with van der Waals surface area (Å²) in [4.78, 5) is 11.9. The van der Waals surface area contributed by atoms with Gasteiger partial charge in [-0.05, 0) is 70.6 Å². The van der Waals surface area contributed by atoms with Gasteiger partial charge in [-0.1, -0.05) is 6.58 Å². The smallest absolute Gasteiger partial charge is 0.243 e. The zero-order valence-electron chi connectivity index (χ0n) is 18.6. The molecule has 0 aromatic carbocycles. The summed E-state index contributed by atoms with van der Waals surface area (Å²) >= 11 is 0. The van der Waals surface area contributed by atoms with E-state index < -0.39 is 21.1 Å². The summed E-state index contributed by atoms with van der Waals surface area (Å²) in [6, 6.07) is 0. The molecule has 0 radical (unpaired) electrons. The minimum absolute atomic E-state index is 0.00153. The van der Waals surface area contributed by atoms with E-state index in [1.165, 1.54) is 13.1 Å². The standard InChI is InChI=1S/C18H35N7O4S/c1-7-15(26)21-17(3,4)14-18(5,20-10-9-13-30(27,28)19-6)16-22-23-24-25(16)11-12-29-8-2/h7,19-20H,1,8-14H2,2-6H3,(H,21,26). The number of hydrogen-bond donors (Lipinski definition) is 3. The van der Waals surface area contributed by atoms with Gasteiger partial charge in [0, 0.05) is 12.1 Å². The van der Waals surface area contributed by atoms with Gasteiger partial charge in [-0.3, -0.25) is 4.79 Å². The maximum Gasteiger partial charge on any atom is 0.243 e. The van der Waals surface area contributed by atoms with Crippen LogP contribution in [0.25, 0.3) is 0 Å². The van der Waals surface area contributed by atoms with Crippen LogP contribution in [0.2, 0.25) is 0 Å². The Bertz CT molecular complexity index is 794. The first-order chi connectivity index (χ1) is 14.0. The molecule has 1 unspecified atom stereocenters. The number of rotatable bonds is 15. The van der Waals surface area contributed by atoms with Crippen molar-refractivity contribution < 1.29 is 17.9 Å². The third-order valence-corrected chi connectivity index (χ3v) is 5.98. The highest BCUT2D eigenvalue weighted by molar-refractivity contribution is 7.89. The highest BCUT2D eigenvalue weighted by Crippen LogP contribution is 2.29. The lowest BCUT2D eigenvalue weighted by molar-refractivity contribution is -0.118. The molecule has 0 aliphatic rings. The first-order valence-electron chi connectivity index (χ1n) is 9.94. The monoisotopic (exact) mass is 445 g/mol. The van der Waals surface area contributed by atoms with E-state index in [0.717, 1.165) is 0 Å². The van der Waals surface area contributed by atoms with Crippen molar-refractivity contribution >= 4 is 15.9 Å². The van der Waals surface area contributed by atoms with Crippen LogP contribution in [0.5, 0.6) is 0 Å². The van der Waals surface area contributed by atoms with E-state index in [2.05, 4.69) is 37.5 Å². The number of aromatic nitrogens is 4. The van der Waals surface area contributed by atoms with Crippen molar-refractivity contribution in [3.8, 4) is 0 Å². The number of carbonyl (C=O) groups excluding carboxylic acids is 1. The molecule has 1 rings (SSSR count). The van der Waals surface area contributed by atoms with Crippen molar-refractivity contribution in [1.82, 2.24) is 35.6 Å². The number of tetrazole rings is 1. The van der Waals surface area contributed by atoms with E-state index in [0.29, 0.717) is 45.0 Å². The van der Waals surface area contributed by atoms with Crippen LogP contribution >= 0.6 is 0 Å². The van der Waals surface area contributed by atoms with Crippen molar-refractivity contribution in [2.75, 3.05) is 32.6 Å². The maximum absolute atomic E-state index is 11.9. The number of amides is 1. The van der Waals surface area contributed by atoms with Crippen LogP contribution in [0.1, 0.15) is 46.4 Å². The second-order valence-corrected chi connectivity index (χ2v) is 9.86. The molecule has 0 saturated heterocycles. The largest absolute Gasteiger partial charge is 0.380 e. The number of ether oxygens (including phenoxy) is 1. The molecule has 1 aromatic rings. The third kappa shape index (κ3) is 8.46. The zero-order valence-corrected chi connectivity index (χ0v) is 19.4. The molecule has 0 saturated carbocycles. The SMILES string of the molecule is C=CC(=O)NC(C)(C)CC(C)(NCCCS(=O)(=O)NC)c1nnnn1CCOCC. The topological polar surface area (TPSA) is 140 Å². The molecule has 0 spiro atoms. The summed E-state index contributed by atoms with van der Waals surface area (Å²) in [5, 5.41) is 18.4. The molecule has 0 fully saturated rings. The predicted molar refractivity (Wildman–Crippen MR) is 114 cm³/mol. The van der Waals surface area contributed by atoms with Gasteiger partial charge in [0.2, 0.25) is 15.9 Å². The predicted octanol–water partition coefficient (Wildman–Crippen LogP) is -0.0754. The summed E-state index contributed by atoms with van der Waals surface area (Å²) in [6.07, 6.45) is 2.08. The molecular weight excluding hydrogens is 410 g/mol. The van der Waals surface area contributed by atoms with Gasteiger partial charge in [0.1, 0.15) is 0 Å². The van der Waals surface area contributed by atoms with Gasteiger partial charge >= 0.3 is 0 Å². The van der Waals surface area contributed by atoms with Crippen molar-refractivity contribution in [2.45, 2.75) is 58.2 Å². The normalized spacial score (nSPS) is 14.3. The van der Waals surface area contributed by atoms with E-state index in [9.17, 15) is 13.2 Å². The van der Waals surface area contributed by atoms with Crippen LogP contribution < -0.4 is 15.4 Å². The minimum atomic E-state index is -3.29. The summed E-state index contributed by atoms with van der Waals surface area (Å²) in [6.45, 7) is 13.1. The average molecular weight is 446 g/mol. The Kier molecular flexibility index (Phi) is 10.0. The van der Waals surface area contributed by atoms with Crippen LogP contribution in [-0.2, 0) is 31.6 Å². The number of nitrogens with one attached hydrogen (secondary N) is 3. The Morgan fingerprint density at radius 3 is 2.63 bits per heavy atom. The second kappa shape index (κ2) is 11.5. The molecule has 11 nitrogen and oxygen atoms in total. The fourth-order valence-electron chi connectivity index (χ4n) is 3.31. The summed E-state index contributed by atoms with van der Waals surface area (Å²) in [5.74, 6) is 0.302. The van der Waals surface area contributed by atoms with Gasteiger partial charge in [0.25, 0.3) is 0 Å². The Morgan fingerprint density at radius 2 is 2.03 bits per heavy atom. The molecule has 1 aromatic heterocycles. The van der Waals surface area contributed by atoms with Crippen LogP contribution in [0.3, 0.4) is 0 Å². The number of sulfonamides is 1. The lowest BCUT2D eigenvalue weighted by Gasteiger charge is -2.37. The lowest BCUT2D eigenvalue weighted by Crippen LogP contribution is -2.53. The number of nitrogens with zero attached hydrogens (tertiary/aromatic N) is 4. The molecule has 0 aliphatic carbocycles. The van der Waals surface area contributed by atoms with Gasteiger partial charge in [0.05, 0.1) is 24.4 Å². The first kappa shape index (κ1) is 26.1. The quantitative estimate of drug-likeness (QED) is 0.252. The van der Waals surface area contributed by atoms with Gasteiger partial charge < -0.3 is 15.4 Å². The second-order valence-electron chi connectivity index (χ2n) is 7.81. The number of carbonyl (C=O) groups is 1. The Labute approximate surface area is 179 Å². The van der Waals surface area contributed by atoms with Gasteiger partial charge in [0.15, 0.2) is 5.82 Å². The van der Waals surface area contributed by atoms with Crippen LogP contribution in [-0.4, -0.2) is 72.6 Å². The van der Waals surface area contributed by atoms with Gasteiger partial charge in [-0.15, -0.1) is 5.10 Å². The van der Waals surface area contributed by atoms with E-state index >= 15 is 0 Å². The van der Waals surface area contributed by atoms with Crippen molar-refractivity contribution in [3.63, 3.8) is 0 Å². The fourth-order valence-corrected chi connectivity index (χ4v) is 4.04. The molecule has 0 bridgehead atoms. The van der Waals surface area contributed by atoms with Crippen LogP contribution in [0, 0.1) is 0 Å². The molecule has 30 heavy (non-hydrogen) atoms. The molecule has 1 heterocycles. The molecule has 1 amide bonds. The third-order valence-electron chi connectivity index (χ3n) is 4.54. The fraction of sp³-hybridized carbons (Fsp3) is 0.778. The number of hydrogen-bond acceptors (Lipinski definition) is 8. The lowest BCUT2D eigenvalue weighted by atomic mass is 9.84. The summed E-state index contributed by atoms with van der Waals surface area (Å²) < 4.78 is 32.8. The van der Waals surface area contributed by atoms with Crippen molar-refractivity contribution in [1.29, 1.82) is 0 Å². The first-order valence-corrected chi connectivity index (χ1v) is 11.6. The molecular formula is C18H35N7O4S. The van der Waals surface area contributed by atoms with E-state index in [1.54, 1.807) is 4.68 Å².